The Balaban J connectivity index is 1.43. The van der Waals surface area contributed by atoms with E-state index in [1.54, 1.807) is 19.2 Å². The van der Waals surface area contributed by atoms with E-state index in [0.29, 0.717) is 33.3 Å². The Hall–Kier alpha value is -3.67. The minimum Gasteiger partial charge on any atom is -0.325 e. The highest BCUT2D eigenvalue weighted by Gasteiger charge is 2.36. The van der Waals surface area contributed by atoms with Gasteiger partial charge in [-0.25, -0.2) is 8.93 Å². The lowest BCUT2D eigenvalue weighted by atomic mass is 9.91. The second-order valence-electron chi connectivity index (χ2n) is 11.9. The van der Waals surface area contributed by atoms with Crippen molar-refractivity contribution >= 4 is 57.1 Å². The highest BCUT2D eigenvalue weighted by molar-refractivity contribution is 7.85. The summed E-state index contributed by atoms with van der Waals surface area (Å²) < 4.78 is 17.9. The minimum absolute atomic E-state index is 0.109. The zero-order chi connectivity index (χ0) is 35.3. The number of allylic oxidation sites excluding steroid dienone is 10. The monoisotopic (exact) mass is 719 g/mol. The fraction of sp³-hybridized carbons (Fsp3) is 0.342. The first-order chi connectivity index (χ1) is 23.7. The quantitative estimate of drug-likeness (QED) is 0.166. The molecule has 5 atom stereocenters. The van der Waals surface area contributed by atoms with Crippen molar-refractivity contribution in [1.29, 1.82) is 0 Å². The van der Waals surface area contributed by atoms with Gasteiger partial charge in [0.1, 0.15) is 15.2 Å². The first kappa shape index (κ1) is 38.1. The molecule has 1 aromatic carbocycles. The van der Waals surface area contributed by atoms with Gasteiger partial charge in [-0.3, -0.25) is 19.9 Å². The van der Waals surface area contributed by atoms with E-state index in [1.165, 1.54) is 16.2 Å². The fourth-order valence-corrected chi connectivity index (χ4v) is 8.63. The number of carbonyl (C=O) groups excluding carboxylic acids is 2. The third-order valence-electron chi connectivity index (χ3n) is 8.65. The Bertz CT molecular complexity index is 1710. The Morgan fingerprint density at radius 2 is 1.92 bits per heavy atom. The van der Waals surface area contributed by atoms with Crippen LogP contribution in [0.2, 0.25) is 4.34 Å². The summed E-state index contributed by atoms with van der Waals surface area (Å²) in [5.41, 5.74) is 3.75. The van der Waals surface area contributed by atoms with Crippen LogP contribution in [0.1, 0.15) is 45.6 Å². The number of hydrogen-bond donors (Lipinski definition) is 3. The number of thiophene rings is 1. The van der Waals surface area contributed by atoms with Gasteiger partial charge in [-0.05, 0) is 92.5 Å². The van der Waals surface area contributed by atoms with E-state index in [-0.39, 0.29) is 24.4 Å². The van der Waals surface area contributed by atoms with Gasteiger partial charge in [-0.1, -0.05) is 86.2 Å². The summed E-state index contributed by atoms with van der Waals surface area (Å²) in [6.07, 6.45) is 19.6. The molecule has 1 fully saturated rings. The topological polar surface area (TPSA) is 103 Å². The van der Waals surface area contributed by atoms with Crippen LogP contribution in [0.25, 0.3) is 0 Å². The first-order valence-corrected chi connectivity index (χ1v) is 18.9. The molecule has 11 heteroatoms. The van der Waals surface area contributed by atoms with Crippen LogP contribution in [0.4, 0.5) is 5.69 Å². The van der Waals surface area contributed by atoms with Crippen molar-refractivity contribution in [2.45, 2.75) is 62.9 Å². The highest BCUT2D eigenvalue weighted by Crippen LogP contribution is 2.37. The average molecular weight is 720 g/mol. The third-order valence-corrected chi connectivity index (χ3v) is 11.4. The maximum Gasteiger partial charge on any atom is 0.266 e. The van der Waals surface area contributed by atoms with E-state index in [0.717, 1.165) is 41.0 Å². The summed E-state index contributed by atoms with van der Waals surface area (Å²) in [5, 5.41) is 6.03. The molecule has 1 aliphatic carbocycles. The molecule has 8 nitrogen and oxygen atoms in total. The lowest BCUT2D eigenvalue weighted by Gasteiger charge is -2.25. The molecule has 2 aromatic rings. The standard InChI is InChI=1S/C38H46ClN5O3S2/c1-6-10-12-17-31-24-32(27(8-3)15-11-7-2)42-37(38(46)44(31)5)40-25-34(45)41-30-16-13-14-26(23-30)22-29-19-18-28(9-4)36(29)43-49(47)35-21-20-33(39)48-35/h6-8,10-17,20-21,23-24,28-29,36-37,40,43H,3,9,18-19,22,25H2,1-2,4-5H3,(H,41,45)/b10-6-,11-7-,17-12-,27-15+. The number of hydrogen-bond acceptors (Lipinski definition) is 6. The second kappa shape index (κ2) is 18.9. The van der Waals surface area contributed by atoms with Crippen molar-refractivity contribution in [3.05, 3.63) is 119 Å². The van der Waals surface area contributed by atoms with Crippen LogP contribution >= 0.6 is 22.9 Å². The van der Waals surface area contributed by atoms with Gasteiger partial charge < -0.3 is 10.2 Å². The molecule has 1 saturated carbocycles. The number of carbonyl (C=O) groups is 2. The smallest absolute Gasteiger partial charge is 0.266 e. The summed E-state index contributed by atoms with van der Waals surface area (Å²) in [7, 11) is 0.369. The van der Waals surface area contributed by atoms with Crippen LogP contribution in [0.5, 0.6) is 0 Å². The van der Waals surface area contributed by atoms with Crippen molar-refractivity contribution in [3.63, 3.8) is 0 Å². The number of nitrogens with zero attached hydrogens (tertiary/aromatic N) is 2. The van der Waals surface area contributed by atoms with Crippen molar-refractivity contribution < 1.29 is 13.8 Å². The zero-order valence-electron chi connectivity index (χ0n) is 28.5. The van der Waals surface area contributed by atoms with Gasteiger partial charge in [-0.2, -0.15) is 0 Å². The molecular weight excluding hydrogens is 674 g/mol. The van der Waals surface area contributed by atoms with Crippen molar-refractivity contribution in [3.8, 4) is 0 Å². The maximum atomic E-state index is 13.5. The Morgan fingerprint density at radius 1 is 1.14 bits per heavy atom. The minimum atomic E-state index is -1.32. The van der Waals surface area contributed by atoms with Gasteiger partial charge in [0, 0.05) is 24.5 Å². The molecule has 0 spiro atoms. The highest BCUT2D eigenvalue weighted by atomic mass is 35.5. The molecule has 2 aliphatic rings. The maximum absolute atomic E-state index is 13.5. The van der Waals surface area contributed by atoms with Gasteiger partial charge in [0.2, 0.25) is 5.91 Å². The number of rotatable bonds is 15. The van der Waals surface area contributed by atoms with Crippen molar-refractivity contribution in [1.82, 2.24) is 14.9 Å². The Labute approximate surface area is 302 Å². The average Bonchev–Trinajstić information content (AvgIpc) is 3.68. The molecule has 4 rings (SSSR count). The van der Waals surface area contributed by atoms with Crippen LogP contribution in [-0.2, 0) is 27.0 Å². The summed E-state index contributed by atoms with van der Waals surface area (Å²) in [6, 6.07) is 11.5. The molecular formula is C38H46ClN5O3S2. The Morgan fingerprint density at radius 3 is 2.61 bits per heavy atom. The van der Waals surface area contributed by atoms with Crippen LogP contribution in [0, 0.1) is 11.8 Å². The molecule has 2 amide bonds. The summed E-state index contributed by atoms with van der Waals surface area (Å²) >= 11 is 7.43. The molecule has 0 radical (unpaired) electrons. The first-order valence-electron chi connectivity index (χ1n) is 16.5. The molecule has 3 N–H and O–H groups in total. The van der Waals surface area contributed by atoms with Gasteiger partial charge in [-0.15, -0.1) is 11.3 Å². The lowest BCUT2D eigenvalue weighted by molar-refractivity contribution is -0.130. The number of likely N-dealkylation sites (N-methyl/N-ethyl adjacent to an activating group) is 1. The van der Waals surface area contributed by atoms with E-state index >= 15 is 0 Å². The third kappa shape index (κ3) is 10.7. The predicted octanol–water partition coefficient (Wildman–Crippen LogP) is 7.53. The largest absolute Gasteiger partial charge is 0.325 e. The summed E-state index contributed by atoms with van der Waals surface area (Å²) in [6.45, 7) is 9.83. The van der Waals surface area contributed by atoms with Crippen LogP contribution in [0.15, 0.2) is 118 Å². The molecule has 1 aromatic heterocycles. The summed E-state index contributed by atoms with van der Waals surface area (Å²) in [5.74, 6) is 0.156. The predicted molar refractivity (Wildman–Crippen MR) is 205 cm³/mol. The number of benzene rings is 1. The molecule has 49 heavy (non-hydrogen) atoms. The van der Waals surface area contributed by atoms with Gasteiger partial charge in [0.05, 0.1) is 16.6 Å². The molecule has 5 unspecified atom stereocenters. The second-order valence-corrected chi connectivity index (χ2v) is 15.1. The molecule has 0 saturated heterocycles. The van der Waals surface area contributed by atoms with Crippen molar-refractivity contribution in [2.24, 2.45) is 16.8 Å². The van der Waals surface area contributed by atoms with Crippen LogP contribution in [-0.4, -0.2) is 52.4 Å². The molecule has 0 bridgehead atoms. The zero-order valence-corrected chi connectivity index (χ0v) is 30.9. The normalized spacial score (nSPS) is 22.5. The van der Waals surface area contributed by atoms with E-state index in [4.69, 9.17) is 16.6 Å². The number of nitrogens with one attached hydrogen (secondary N) is 3. The Kier molecular flexibility index (Phi) is 14.7. The lowest BCUT2D eigenvalue weighted by Crippen LogP contribution is -2.45. The van der Waals surface area contributed by atoms with E-state index in [1.807, 2.05) is 86.7 Å². The molecule has 260 valence electrons. The molecule has 2 heterocycles. The molecule has 1 aliphatic heterocycles. The van der Waals surface area contributed by atoms with Crippen LogP contribution in [0.3, 0.4) is 0 Å². The van der Waals surface area contributed by atoms with E-state index < -0.39 is 17.2 Å². The van der Waals surface area contributed by atoms with Gasteiger partial charge in [0.15, 0.2) is 6.17 Å². The van der Waals surface area contributed by atoms with Gasteiger partial charge in [0.25, 0.3) is 5.91 Å². The van der Waals surface area contributed by atoms with Gasteiger partial charge >= 0.3 is 0 Å². The summed E-state index contributed by atoms with van der Waals surface area (Å²) in [4.78, 5) is 32.9. The van der Waals surface area contributed by atoms with Crippen molar-refractivity contribution in [2.75, 3.05) is 18.9 Å². The number of anilines is 1. The van der Waals surface area contributed by atoms with E-state index in [2.05, 4.69) is 34.9 Å². The number of aliphatic imine (C=N–C) groups is 1. The van der Waals surface area contributed by atoms with Crippen LogP contribution < -0.4 is 15.4 Å². The van der Waals surface area contributed by atoms with E-state index in [9.17, 15) is 13.8 Å². The fourth-order valence-electron chi connectivity index (χ4n) is 6.06. The SMILES string of the molecule is C=C/C(=C\C=C/C)C1=NC(NCC(=O)Nc2cccc(CC3CCC(CC)C3NS(=O)c3ccc(Cl)s3)c2)C(=O)N(C)C(/C=C\C=C/C)=C1. The number of halogens is 1. The number of amides is 2.